The van der Waals surface area contributed by atoms with Gasteiger partial charge in [0.15, 0.2) is 0 Å². The molecule has 0 fully saturated rings. The monoisotopic (exact) mass is 304 g/mol. The zero-order chi connectivity index (χ0) is 16.0. The van der Waals surface area contributed by atoms with Crippen LogP contribution in [-0.4, -0.2) is 25.4 Å². The Balaban J connectivity index is 1.77. The molecule has 0 radical (unpaired) electrons. The van der Waals surface area contributed by atoms with Crippen molar-refractivity contribution in [3.05, 3.63) is 35.4 Å². The van der Waals surface area contributed by atoms with Crippen LogP contribution in [0.2, 0.25) is 0 Å². The van der Waals surface area contributed by atoms with Crippen molar-refractivity contribution < 1.29 is 14.2 Å². The van der Waals surface area contributed by atoms with Crippen LogP contribution in [0, 0.1) is 0 Å². The second-order valence-electron chi connectivity index (χ2n) is 6.42. The summed E-state index contributed by atoms with van der Waals surface area (Å²) in [5.74, 6) is 1.84. The summed E-state index contributed by atoms with van der Waals surface area (Å²) < 4.78 is 17.1. The molecule has 0 aromatic heterocycles. The molecule has 0 unspecified atom stereocenters. The Morgan fingerprint density at radius 1 is 1.36 bits per heavy atom. The van der Waals surface area contributed by atoms with E-state index in [-0.39, 0.29) is 5.60 Å². The van der Waals surface area contributed by atoms with Crippen LogP contribution in [0.3, 0.4) is 0 Å². The molecule has 1 heterocycles. The summed E-state index contributed by atoms with van der Waals surface area (Å²) in [6.07, 6.45) is 5.21. The molecule has 2 rings (SSSR count). The average molecular weight is 304 g/mol. The molecule has 3 heteroatoms. The Morgan fingerprint density at radius 3 is 2.95 bits per heavy atom. The van der Waals surface area contributed by atoms with Gasteiger partial charge in [-0.25, -0.2) is 0 Å². The Bertz CT molecular complexity index is 517. The van der Waals surface area contributed by atoms with Crippen molar-refractivity contribution in [3.63, 3.8) is 0 Å². The predicted octanol–water partition coefficient (Wildman–Crippen LogP) is 4.54. The predicted molar refractivity (Wildman–Crippen MR) is 89.8 cm³/mol. The van der Waals surface area contributed by atoms with Crippen LogP contribution >= 0.6 is 0 Å². The van der Waals surface area contributed by atoms with E-state index in [2.05, 4.69) is 32.9 Å². The third-order valence-electron chi connectivity index (χ3n) is 4.01. The first-order chi connectivity index (χ1) is 10.5. The molecular formula is C19H28O3. The molecule has 1 aliphatic heterocycles. The normalized spacial score (nSPS) is 14.6. The lowest BCUT2D eigenvalue weighted by Gasteiger charge is -2.24. The quantitative estimate of drug-likeness (QED) is 0.660. The number of fused-ring (bicyclic) bond motifs is 1. The highest BCUT2D eigenvalue weighted by Gasteiger charge is 2.17. The molecule has 0 saturated heterocycles. The fraction of sp³-hybridized carbons (Fsp3) is 0.579. The van der Waals surface area contributed by atoms with Crippen molar-refractivity contribution >= 4 is 0 Å². The summed E-state index contributed by atoms with van der Waals surface area (Å²) in [7, 11) is 0. The molecule has 22 heavy (non-hydrogen) atoms. The summed E-state index contributed by atoms with van der Waals surface area (Å²) in [6, 6.07) is 6.11. The zero-order valence-electron chi connectivity index (χ0n) is 14.3. The van der Waals surface area contributed by atoms with E-state index in [1.807, 2.05) is 19.1 Å². The Kier molecular flexibility index (Phi) is 5.90. The number of rotatable bonds is 8. The minimum Gasteiger partial charge on any atom is -0.493 e. The zero-order valence-corrected chi connectivity index (χ0v) is 14.3. The maximum absolute atomic E-state index is 5.79. The fourth-order valence-electron chi connectivity index (χ4n) is 2.58. The molecule has 0 atom stereocenters. The molecule has 1 aromatic carbocycles. The third kappa shape index (κ3) is 5.06. The molecule has 0 N–H and O–H groups in total. The SMILES string of the molecule is CCOC(C)(C)CC/C(C)=C/COc1ccc2c(c1)OCC2. The van der Waals surface area contributed by atoms with Crippen LogP contribution in [0.1, 0.15) is 46.1 Å². The van der Waals surface area contributed by atoms with Crippen LogP contribution < -0.4 is 9.47 Å². The molecule has 0 saturated carbocycles. The lowest BCUT2D eigenvalue weighted by atomic mass is 9.99. The van der Waals surface area contributed by atoms with E-state index in [0.29, 0.717) is 6.61 Å². The van der Waals surface area contributed by atoms with E-state index in [0.717, 1.165) is 44.0 Å². The van der Waals surface area contributed by atoms with Gasteiger partial charge in [0, 0.05) is 19.1 Å². The van der Waals surface area contributed by atoms with Crippen LogP contribution in [0.5, 0.6) is 11.5 Å². The summed E-state index contributed by atoms with van der Waals surface area (Å²) in [6.45, 7) is 10.6. The first kappa shape index (κ1) is 16.9. The van der Waals surface area contributed by atoms with Crippen LogP contribution in [0.25, 0.3) is 0 Å². The Morgan fingerprint density at radius 2 is 2.18 bits per heavy atom. The molecule has 122 valence electrons. The van der Waals surface area contributed by atoms with Crippen molar-refractivity contribution in [1.82, 2.24) is 0 Å². The molecule has 0 bridgehead atoms. The van der Waals surface area contributed by atoms with E-state index in [1.54, 1.807) is 0 Å². The standard InChI is InChI=1S/C19H28O3/c1-5-22-19(3,4)11-8-15(2)9-12-20-17-7-6-16-10-13-21-18(16)14-17/h6-7,9,14H,5,8,10-13H2,1-4H3/b15-9+. The maximum Gasteiger partial charge on any atom is 0.126 e. The smallest absolute Gasteiger partial charge is 0.126 e. The lowest BCUT2D eigenvalue weighted by Crippen LogP contribution is -2.24. The maximum atomic E-state index is 5.79. The van der Waals surface area contributed by atoms with Crippen LogP contribution in [-0.2, 0) is 11.2 Å². The van der Waals surface area contributed by atoms with Gasteiger partial charge in [-0.3, -0.25) is 0 Å². The van der Waals surface area contributed by atoms with Gasteiger partial charge in [-0.15, -0.1) is 0 Å². The molecular weight excluding hydrogens is 276 g/mol. The largest absolute Gasteiger partial charge is 0.493 e. The average Bonchev–Trinajstić information content (AvgIpc) is 2.93. The fourth-order valence-corrected chi connectivity index (χ4v) is 2.58. The topological polar surface area (TPSA) is 27.7 Å². The Labute approximate surface area is 134 Å². The van der Waals surface area contributed by atoms with Gasteiger partial charge in [0.25, 0.3) is 0 Å². The summed E-state index contributed by atoms with van der Waals surface area (Å²) in [5, 5.41) is 0. The van der Waals surface area contributed by atoms with Crippen molar-refractivity contribution in [1.29, 1.82) is 0 Å². The first-order valence-corrected chi connectivity index (χ1v) is 8.18. The van der Waals surface area contributed by atoms with Gasteiger partial charge in [0.05, 0.1) is 12.2 Å². The van der Waals surface area contributed by atoms with E-state index >= 15 is 0 Å². The van der Waals surface area contributed by atoms with Crippen LogP contribution in [0.15, 0.2) is 29.8 Å². The van der Waals surface area contributed by atoms with Gasteiger partial charge < -0.3 is 14.2 Å². The van der Waals surface area contributed by atoms with Crippen molar-refractivity contribution in [2.75, 3.05) is 19.8 Å². The van der Waals surface area contributed by atoms with Gasteiger partial charge in [0.1, 0.15) is 18.1 Å². The second kappa shape index (κ2) is 7.68. The van der Waals surface area contributed by atoms with E-state index in [4.69, 9.17) is 14.2 Å². The minimum atomic E-state index is -0.0535. The summed E-state index contributed by atoms with van der Waals surface area (Å²) >= 11 is 0. The molecule has 0 aliphatic carbocycles. The highest BCUT2D eigenvalue weighted by molar-refractivity contribution is 5.42. The highest BCUT2D eigenvalue weighted by Crippen LogP contribution is 2.29. The minimum absolute atomic E-state index is 0.0535. The lowest BCUT2D eigenvalue weighted by molar-refractivity contribution is -0.0158. The molecule has 3 nitrogen and oxygen atoms in total. The summed E-state index contributed by atoms with van der Waals surface area (Å²) in [5.41, 5.74) is 2.56. The third-order valence-corrected chi connectivity index (χ3v) is 4.01. The van der Waals surface area contributed by atoms with Crippen molar-refractivity contribution in [3.8, 4) is 11.5 Å². The highest BCUT2D eigenvalue weighted by atomic mass is 16.5. The van der Waals surface area contributed by atoms with Gasteiger partial charge >= 0.3 is 0 Å². The first-order valence-electron chi connectivity index (χ1n) is 8.18. The van der Waals surface area contributed by atoms with Gasteiger partial charge in [0.2, 0.25) is 0 Å². The molecule has 0 amide bonds. The molecule has 1 aromatic rings. The number of benzene rings is 1. The second-order valence-corrected chi connectivity index (χ2v) is 6.42. The van der Waals surface area contributed by atoms with E-state index in [1.165, 1.54) is 11.1 Å². The number of allylic oxidation sites excluding steroid dienone is 1. The van der Waals surface area contributed by atoms with Gasteiger partial charge in [-0.1, -0.05) is 11.6 Å². The Hall–Kier alpha value is -1.48. The van der Waals surface area contributed by atoms with Crippen molar-refractivity contribution in [2.24, 2.45) is 0 Å². The molecule has 1 aliphatic rings. The molecule has 0 spiro atoms. The van der Waals surface area contributed by atoms with E-state index in [9.17, 15) is 0 Å². The number of hydrogen-bond donors (Lipinski definition) is 0. The van der Waals surface area contributed by atoms with Gasteiger partial charge in [-0.05, 0) is 58.2 Å². The number of hydrogen-bond acceptors (Lipinski definition) is 3. The van der Waals surface area contributed by atoms with Crippen molar-refractivity contribution in [2.45, 2.75) is 52.6 Å². The van der Waals surface area contributed by atoms with Crippen LogP contribution in [0.4, 0.5) is 0 Å². The van der Waals surface area contributed by atoms with E-state index < -0.39 is 0 Å². The van der Waals surface area contributed by atoms with Gasteiger partial charge in [-0.2, -0.15) is 0 Å². The summed E-state index contributed by atoms with van der Waals surface area (Å²) in [4.78, 5) is 0. The number of ether oxygens (including phenoxy) is 3.